The van der Waals surface area contributed by atoms with Gasteiger partial charge in [-0.3, -0.25) is 0 Å². The van der Waals surface area contributed by atoms with Crippen LogP contribution in [0, 0.1) is 5.92 Å². The molecule has 0 bridgehead atoms. The van der Waals surface area contributed by atoms with Crippen LogP contribution in [0.15, 0.2) is 11.8 Å². The SMILES string of the molecule is CCOC(=O)C1=CC(C(OC)OC)CC(O)(C(=O)OCC)O1. The van der Waals surface area contributed by atoms with Crippen molar-refractivity contribution >= 4 is 11.9 Å². The molecule has 8 nitrogen and oxygen atoms in total. The Labute approximate surface area is 128 Å². The number of esters is 2. The monoisotopic (exact) mass is 318 g/mol. The fourth-order valence-electron chi connectivity index (χ4n) is 2.13. The zero-order valence-electron chi connectivity index (χ0n) is 13.2. The maximum absolute atomic E-state index is 11.9. The number of rotatable bonds is 7. The molecule has 2 atom stereocenters. The maximum Gasteiger partial charge on any atom is 0.379 e. The van der Waals surface area contributed by atoms with Gasteiger partial charge in [-0.05, 0) is 19.9 Å². The molecule has 1 aliphatic heterocycles. The summed E-state index contributed by atoms with van der Waals surface area (Å²) in [6, 6.07) is 0. The largest absolute Gasteiger partial charge is 0.461 e. The average Bonchev–Trinajstić information content (AvgIpc) is 2.48. The Balaban J connectivity index is 3.09. The molecule has 8 heteroatoms. The van der Waals surface area contributed by atoms with Crippen molar-refractivity contribution in [2.24, 2.45) is 5.92 Å². The molecule has 22 heavy (non-hydrogen) atoms. The summed E-state index contributed by atoms with van der Waals surface area (Å²) in [4.78, 5) is 23.8. The van der Waals surface area contributed by atoms with E-state index >= 15 is 0 Å². The van der Waals surface area contributed by atoms with Crippen LogP contribution >= 0.6 is 0 Å². The molecular weight excluding hydrogens is 296 g/mol. The van der Waals surface area contributed by atoms with Crippen molar-refractivity contribution in [1.82, 2.24) is 0 Å². The van der Waals surface area contributed by atoms with Gasteiger partial charge in [-0.25, -0.2) is 9.59 Å². The highest BCUT2D eigenvalue weighted by Gasteiger charge is 2.49. The molecule has 0 fully saturated rings. The van der Waals surface area contributed by atoms with E-state index < -0.39 is 29.9 Å². The smallest absolute Gasteiger partial charge is 0.379 e. The number of carbonyl (C=O) groups excluding carboxylic acids is 2. The van der Waals surface area contributed by atoms with Crippen molar-refractivity contribution in [3.05, 3.63) is 11.8 Å². The molecule has 2 unspecified atom stereocenters. The first-order valence-electron chi connectivity index (χ1n) is 6.94. The lowest BCUT2D eigenvalue weighted by Gasteiger charge is -2.35. The summed E-state index contributed by atoms with van der Waals surface area (Å²) < 4.78 is 25.0. The number of methoxy groups -OCH3 is 2. The first-order chi connectivity index (χ1) is 10.4. The second-order valence-corrected chi connectivity index (χ2v) is 4.57. The predicted octanol–water partition coefficient (Wildman–Crippen LogP) is 0.340. The molecular formula is C14H22O8. The summed E-state index contributed by atoms with van der Waals surface area (Å²) in [5.41, 5.74) is 0. The summed E-state index contributed by atoms with van der Waals surface area (Å²) in [6.45, 7) is 3.41. The minimum absolute atomic E-state index is 0.0611. The first kappa shape index (κ1) is 18.4. The second kappa shape index (κ2) is 8.11. The second-order valence-electron chi connectivity index (χ2n) is 4.57. The van der Waals surface area contributed by atoms with Gasteiger partial charge in [-0.2, -0.15) is 0 Å². The molecule has 1 rings (SSSR count). The molecule has 1 N–H and O–H groups in total. The van der Waals surface area contributed by atoms with Gasteiger partial charge in [-0.15, -0.1) is 0 Å². The Bertz CT molecular complexity index is 429. The zero-order valence-corrected chi connectivity index (χ0v) is 13.2. The summed E-state index contributed by atoms with van der Waals surface area (Å²) >= 11 is 0. The van der Waals surface area contributed by atoms with Crippen molar-refractivity contribution in [3.63, 3.8) is 0 Å². The number of aliphatic hydroxyl groups is 1. The topological polar surface area (TPSA) is 101 Å². The molecule has 0 amide bonds. The number of hydrogen-bond donors (Lipinski definition) is 1. The van der Waals surface area contributed by atoms with Crippen molar-refractivity contribution in [2.75, 3.05) is 27.4 Å². The highest BCUT2D eigenvalue weighted by Crippen LogP contribution is 2.33. The maximum atomic E-state index is 11.9. The molecule has 126 valence electrons. The third-order valence-electron chi connectivity index (χ3n) is 3.04. The molecule has 0 spiro atoms. The van der Waals surface area contributed by atoms with Gasteiger partial charge in [0.2, 0.25) is 5.76 Å². The Morgan fingerprint density at radius 3 is 2.41 bits per heavy atom. The average molecular weight is 318 g/mol. The lowest BCUT2D eigenvalue weighted by molar-refractivity contribution is -0.237. The van der Waals surface area contributed by atoms with E-state index in [0.717, 1.165) is 0 Å². The van der Waals surface area contributed by atoms with E-state index in [9.17, 15) is 14.7 Å². The number of ether oxygens (including phenoxy) is 5. The lowest BCUT2D eigenvalue weighted by Crippen LogP contribution is -2.49. The van der Waals surface area contributed by atoms with E-state index in [0.29, 0.717) is 0 Å². The van der Waals surface area contributed by atoms with Crippen molar-refractivity contribution < 1.29 is 38.4 Å². The van der Waals surface area contributed by atoms with Gasteiger partial charge < -0.3 is 28.8 Å². The van der Waals surface area contributed by atoms with Crippen LogP contribution in [0.5, 0.6) is 0 Å². The molecule has 1 heterocycles. The van der Waals surface area contributed by atoms with Crippen molar-refractivity contribution in [2.45, 2.75) is 32.3 Å². The normalized spacial score (nSPS) is 24.5. The minimum atomic E-state index is -2.30. The molecule has 0 radical (unpaired) electrons. The van der Waals surface area contributed by atoms with Crippen LogP contribution in [0.2, 0.25) is 0 Å². The van der Waals surface area contributed by atoms with E-state index in [1.54, 1.807) is 13.8 Å². The Morgan fingerprint density at radius 2 is 1.91 bits per heavy atom. The summed E-state index contributed by atoms with van der Waals surface area (Å²) in [6.07, 6.45) is 0.457. The van der Waals surface area contributed by atoms with Crippen molar-refractivity contribution in [1.29, 1.82) is 0 Å². The van der Waals surface area contributed by atoms with Gasteiger partial charge in [0, 0.05) is 26.6 Å². The van der Waals surface area contributed by atoms with Crippen LogP contribution in [0.4, 0.5) is 0 Å². The van der Waals surface area contributed by atoms with Crippen LogP contribution in [-0.4, -0.2) is 56.6 Å². The Morgan fingerprint density at radius 1 is 1.32 bits per heavy atom. The molecule has 1 aliphatic rings. The minimum Gasteiger partial charge on any atom is -0.461 e. The van der Waals surface area contributed by atoms with Crippen LogP contribution in [0.3, 0.4) is 0 Å². The van der Waals surface area contributed by atoms with Gasteiger partial charge in [-0.1, -0.05) is 0 Å². The van der Waals surface area contributed by atoms with Crippen molar-refractivity contribution in [3.8, 4) is 0 Å². The highest BCUT2D eigenvalue weighted by molar-refractivity contribution is 5.88. The molecule has 0 aliphatic carbocycles. The molecule has 0 aromatic rings. The third kappa shape index (κ3) is 4.19. The summed E-state index contributed by atoms with van der Waals surface area (Å²) in [5, 5.41) is 10.4. The summed E-state index contributed by atoms with van der Waals surface area (Å²) in [7, 11) is 2.82. The van der Waals surface area contributed by atoms with E-state index in [1.807, 2.05) is 0 Å². The fraction of sp³-hybridized carbons (Fsp3) is 0.714. The molecule has 0 saturated heterocycles. The van der Waals surface area contributed by atoms with Gasteiger partial charge in [0.1, 0.15) is 0 Å². The Hall–Kier alpha value is -1.64. The molecule has 0 aromatic heterocycles. The van der Waals surface area contributed by atoms with Gasteiger partial charge >= 0.3 is 17.7 Å². The predicted molar refractivity (Wildman–Crippen MR) is 73.3 cm³/mol. The lowest BCUT2D eigenvalue weighted by atomic mass is 9.94. The number of hydrogen-bond acceptors (Lipinski definition) is 8. The van der Waals surface area contributed by atoms with Crippen LogP contribution in [0.1, 0.15) is 20.3 Å². The zero-order chi connectivity index (χ0) is 16.8. The van der Waals surface area contributed by atoms with Crippen LogP contribution < -0.4 is 0 Å². The quantitative estimate of drug-likeness (QED) is 0.530. The molecule has 0 saturated carbocycles. The Kier molecular flexibility index (Phi) is 6.79. The van der Waals surface area contributed by atoms with Gasteiger partial charge in [0.15, 0.2) is 6.29 Å². The van der Waals surface area contributed by atoms with Crippen LogP contribution in [-0.2, 0) is 33.3 Å². The number of carbonyl (C=O) groups is 2. The highest BCUT2D eigenvalue weighted by atomic mass is 16.7. The molecule has 0 aromatic carbocycles. The fourth-order valence-corrected chi connectivity index (χ4v) is 2.13. The summed E-state index contributed by atoms with van der Waals surface area (Å²) in [5.74, 6) is -4.96. The third-order valence-corrected chi connectivity index (χ3v) is 3.04. The van der Waals surface area contributed by atoms with E-state index in [-0.39, 0.29) is 25.4 Å². The first-order valence-corrected chi connectivity index (χ1v) is 6.94. The van der Waals surface area contributed by atoms with Gasteiger partial charge in [0.05, 0.1) is 13.2 Å². The van der Waals surface area contributed by atoms with E-state index in [2.05, 4.69) is 0 Å². The van der Waals surface area contributed by atoms with Gasteiger partial charge in [0.25, 0.3) is 0 Å². The van der Waals surface area contributed by atoms with E-state index in [1.165, 1.54) is 20.3 Å². The van der Waals surface area contributed by atoms with E-state index in [4.69, 9.17) is 23.7 Å². The van der Waals surface area contributed by atoms with Crippen LogP contribution in [0.25, 0.3) is 0 Å². The standard InChI is InChI=1S/C14H22O8/c1-5-20-11(15)10-7-9(12(18-3)19-4)8-14(17,22-10)13(16)21-6-2/h7,9,12,17H,5-6,8H2,1-4H3.